The molecule has 0 unspecified atom stereocenters. The summed E-state index contributed by atoms with van der Waals surface area (Å²) in [6.07, 6.45) is 4.13. The summed E-state index contributed by atoms with van der Waals surface area (Å²) in [5, 5.41) is 18.2. The summed E-state index contributed by atoms with van der Waals surface area (Å²) in [5.41, 5.74) is 0.0456. The van der Waals surface area contributed by atoms with Crippen LogP contribution in [0.3, 0.4) is 0 Å². The zero-order chi connectivity index (χ0) is 13.1. The number of benzene rings is 1. The van der Waals surface area contributed by atoms with E-state index in [1.165, 1.54) is 36.8 Å². The number of nitrogens with zero attached hydrogens (tertiary/aromatic N) is 2. The molecular formula is C12H8N2O4. The van der Waals surface area contributed by atoms with E-state index >= 15 is 0 Å². The number of aromatic carboxylic acids is 2. The first-order chi connectivity index (χ1) is 8.61. The van der Waals surface area contributed by atoms with Gasteiger partial charge in [-0.25, -0.2) is 9.59 Å². The molecule has 0 amide bonds. The number of carboxylic acids is 2. The summed E-state index contributed by atoms with van der Waals surface area (Å²) >= 11 is 0. The minimum absolute atomic E-state index is 0.0607. The van der Waals surface area contributed by atoms with Crippen molar-refractivity contribution < 1.29 is 19.8 Å². The molecule has 0 fully saturated rings. The molecule has 0 saturated carbocycles. The summed E-state index contributed by atoms with van der Waals surface area (Å²) in [7, 11) is 0. The van der Waals surface area contributed by atoms with Crippen LogP contribution in [0.15, 0.2) is 36.8 Å². The fourth-order valence-electron chi connectivity index (χ4n) is 1.61. The monoisotopic (exact) mass is 244 g/mol. The first-order valence-corrected chi connectivity index (χ1v) is 4.97. The summed E-state index contributed by atoms with van der Waals surface area (Å²) in [6, 6.07) is 4.05. The summed E-state index contributed by atoms with van der Waals surface area (Å²) < 4.78 is 0. The van der Waals surface area contributed by atoms with Gasteiger partial charge in [-0.1, -0.05) is 6.07 Å². The number of hydrogen-bond donors (Lipinski definition) is 2. The Kier molecular flexibility index (Phi) is 3.01. The Balaban J connectivity index is 2.77. The van der Waals surface area contributed by atoms with E-state index in [2.05, 4.69) is 9.97 Å². The van der Waals surface area contributed by atoms with Crippen molar-refractivity contribution in [3.05, 3.63) is 47.9 Å². The normalized spacial score (nSPS) is 10.0. The average molecular weight is 244 g/mol. The zero-order valence-electron chi connectivity index (χ0n) is 9.07. The summed E-state index contributed by atoms with van der Waals surface area (Å²) in [5.74, 6) is -2.42. The minimum atomic E-state index is -1.21. The number of rotatable bonds is 3. The van der Waals surface area contributed by atoms with E-state index in [0.29, 0.717) is 0 Å². The molecule has 90 valence electrons. The SMILES string of the molecule is O=C(O)c1cccc(C(=O)O)c1-c1cnccn1. The molecular weight excluding hydrogens is 236 g/mol. The number of aromatic nitrogens is 2. The third-order valence-corrected chi connectivity index (χ3v) is 2.34. The van der Waals surface area contributed by atoms with Gasteiger partial charge >= 0.3 is 11.9 Å². The number of carbonyl (C=O) groups is 2. The zero-order valence-corrected chi connectivity index (χ0v) is 9.07. The van der Waals surface area contributed by atoms with Crippen LogP contribution in [0, 0.1) is 0 Å². The first-order valence-electron chi connectivity index (χ1n) is 4.97. The van der Waals surface area contributed by atoms with E-state index in [4.69, 9.17) is 10.2 Å². The van der Waals surface area contributed by atoms with Crippen LogP contribution in [0.4, 0.5) is 0 Å². The van der Waals surface area contributed by atoms with Gasteiger partial charge in [0, 0.05) is 18.0 Å². The van der Waals surface area contributed by atoms with E-state index in [-0.39, 0.29) is 22.4 Å². The maximum absolute atomic E-state index is 11.1. The van der Waals surface area contributed by atoms with Crippen LogP contribution < -0.4 is 0 Å². The molecule has 1 aromatic heterocycles. The van der Waals surface area contributed by atoms with Gasteiger partial charge in [0.05, 0.1) is 23.0 Å². The van der Waals surface area contributed by atoms with Gasteiger partial charge in [-0.15, -0.1) is 0 Å². The summed E-state index contributed by atoms with van der Waals surface area (Å²) in [4.78, 5) is 30.0. The molecule has 2 rings (SSSR count). The number of hydrogen-bond acceptors (Lipinski definition) is 4. The van der Waals surface area contributed by atoms with Gasteiger partial charge in [-0.3, -0.25) is 9.97 Å². The lowest BCUT2D eigenvalue weighted by Crippen LogP contribution is -2.07. The van der Waals surface area contributed by atoms with Gasteiger partial charge in [-0.05, 0) is 12.1 Å². The highest BCUT2D eigenvalue weighted by Gasteiger charge is 2.20. The molecule has 0 radical (unpaired) electrons. The van der Waals surface area contributed by atoms with Gasteiger partial charge in [-0.2, -0.15) is 0 Å². The van der Waals surface area contributed by atoms with Crippen molar-refractivity contribution in [2.45, 2.75) is 0 Å². The van der Waals surface area contributed by atoms with Crippen molar-refractivity contribution in [2.24, 2.45) is 0 Å². The van der Waals surface area contributed by atoms with Crippen molar-refractivity contribution in [1.29, 1.82) is 0 Å². The first kappa shape index (κ1) is 11.7. The average Bonchev–Trinajstić information content (AvgIpc) is 2.38. The highest BCUT2D eigenvalue weighted by molar-refractivity contribution is 6.04. The second kappa shape index (κ2) is 4.62. The predicted octanol–water partition coefficient (Wildman–Crippen LogP) is 1.54. The molecule has 0 aliphatic carbocycles. The van der Waals surface area contributed by atoms with Crippen LogP contribution in [-0.4, -0.2) is 32.1 Å². The highest BCUT2D eigenvalue weighted by atomic mass is 16.4. The molecule has 0 aliphatic heterocycles. The minimum Gasteiger partial charge on any atom is -0.478 e. The molecule has 18 heavy (non-hydrogen) atoms. The van der Waals surface area contributed by atoms with Crippen molar-refractivity contribution in [3.63, 3.8) is 0 Å². The molecule has 0 bridgehead atoms. The van der Waals surface area contributed by atoms with Gasteiger partial charge < -0.3 is 10.2 Å². The van der Waals surface area contributed by atoms with Crippen LogP contribution in [0.5, 0.6) is 0 Å². The number of carboxylic acid groups (broad SMARTS) is 2. The Labute approximate surface area is 102 Å². The van der Waals surface area contributed by atoms with Crippen LogP contribution in [-0.2, 0) is 0 Å². The molecule has 2 aromatic rings. The second-order valence-corrected chi connectivity index (χ2v) is 3.43. The Morgan fingerprint density at radius 3 is 2.06 bits per heavy atom. The maximum Gasteiger partial charge on any atom is 0.336 e. The third-order valence-electron chi connectivity index (χ3n) is 2.34. The molecule has 6 heteroatoms. The van der Waals surface area contributed by atoms with Crippen LogP contribution in [0.2, 0.25) is 0 Å². The largest absolute Gasteiger partial charge is 0.478 e. The lowest BCUT2D eigenvalue weighted by atomic mass is 9.98. The van der Waals surface area contributed by atoms with Gasteiger partial charge in [0.15, 0.2) is 0 Å². The Hall–Kier alpha value is -2.76. The second-order valence-electron chi connectivity index (χ2n) is 3.43. The molecule has 0 spiro atoms. The smallest absolute Gasteiger partial charge is 0.336 e. The van der Waals surface area contributed by atoms with Crippen molar-refractivity contribution in [3.8, 4) is 11.3 Å². The van der Waals surface area contributed by atoms with E-state index < -0.39 is 11.9 Å². The van der Waals surface area contributed by atoms with E-state index in [1.807, 2.05) is 0 Å². The topological polar surface area (TPSA) is 100 Å². The van der Waals surface area contributed by atoms with Gasteiger partial charge in [0.25, 0.3) is 0 Å². The van der Waals surface area contributed by atoms with Crippen molar-refractivity contribution >= 4 is 11.9 Å². The molecule has 1 aromatic carbocycles. The highest BCUT2D eigenvalue weighted by Crippen LogP contribution is 2.25. The predicted molar refractivity (Wildman–Crippen MR) is 61.4 cm³/mol. The van der Waals surface area contributed by atoms with Crippen molar-refractivity contribution in [1.82, 2.24) is 9.97 Å². The van der Waals surface area contributed by atoms with Crippen LogP contribution >= 0.6 is 0 Å². The summed E-state index contributed by atoms with van der Waals surface area (Å²) in [6.45, 7) is 0. The third kappa shape index (κ3) is 2.03. The van der Waals surface area contributed by atoms with Crippen molar-refractivity contribution in [2.75, 3.05) is 0 Å². The quantitative estimate of drug-likeness (QED) is 0.849. The van der Waals surface area contributed by atoms with E-state index in [1.54, 1.807) is 0 Å². The van der Waals surface area contributed by atoms with E-state index in [9.17, 15) is 9.59 Å². The van der Waals surface area contributed by atoms with E-state index in [0.717, 1.165) is 0 Å². The lowest BCUT2D eigenvalue weighted by Gasteiger charge is -2.08. The van der Waals surface area contributed by atoms with Crippen LogP contribution in [0.1, 0.15) is 20.7 Å². The molecule has 1 heterocycles. The maximum atomic E-state index is 11.1. The molecule has 6 nitrogen and oxygen atoms in total. The molecule has 0 atom stereocenters. The van der Waals surface area contributed by atoms with Gasteiger partial charge in [0.1, 0.15) is 0 Å². The molecule has 0 saturated heterocycles. The Bertz CT molecular complexity index is 578. The fraction of sp³-hybridized carbons (Fsp3) is 0. The Morgan fingerprint density at radius 1 is 1.00 bits per heavy atom. The standard InChI is InChI=1S/C12H8N2O4/c15-11(16)7-2-1-3-8(12(17)18)10(7)9-6-13-4-5-14-9/h1-6H,(H,15,16)(H,17,18). The lowest BCUT2D eigenvalue weighted by molar-refractivity contribution is 0.0696. The Morgan fingerprint density at radius 2 is 1.61 bits per heavy atom. The van der Waals surface area contributed by atoms with Crippen LogP contribution in [0.25, 0.3) is 11.3 Å². The molecule has 2 N–H and O–H groups in total. The molecule has 0 aliphatic rings. The fourth-order valence-corrected chi connectivity index (χ4v) is 1.61. The van der Waals surface area contributed by atoms with Gasteiger partial charge in [0.2, 0.25) is 0 Å².